The Morgan fingerprint density at radius 3 is 2.47 bits per heavy atom. The SMILES string of the molecule is CN(C)C(=O)c1ccc(NCN=N)cc1. The maximum atomic E-state index is 11.5. The van der Waals surface area contributed by atoms with Gasteiger partial charge in [0.1, 0.15) is 6.67 Å². The second kappa shape index (κ2) is 5.09. The highest BCUT2D eigenvalue weighted by atomic mass is 16.2. The summed E-state index contributed by atoms with van der Waals surface area (Å²) in [5, 5.41) is 6.09. The molecule has 1 amide bonds. The molecule has 0 unspecified atom stereocenters. The number of benzene rings is 1. The zero-order chi connectivity index (χ0) is 11.3. The number of hydrogen-bond donors (Lipinski definition) is 2. The number of rotatable bonds is 4. The molecule has 0 radical (unpaired) electrons. The van der Waals surface area contributed by atoms with Crippen molar-refractivity contribution in [2.45, 2.75) is 0 Å². The summed E-state index contributed by atoms with van der Waals surface area (Å²) in [6.45, 7) is 0.251. The minimum absolute atomic E-state index is 0.0215. The van der Waals surface area contributed by atoms with Gasteiger partial charge in [0.2, 0.25) is 0 Å². The van der Waals surface area contributed by atoms with E-state index in [9.17, 15) is 4.79 Å². The minimum atomic E-state index is -0.0215. The van der Waals surface area contributed by atoms with Crippen LogP contribution in [0.2, 0.25) is 0 Å². The molecule has 15 heavy (non-hydrogen) atoms. The quantitative estimate of drug-likeness (QED) is 0.737. The number of nitrogens with one attached hydrogen (secondary N) is 2. The molecule has 80 valence electrons. The van der Waals surface area contributed by atoms with Crippen LogP contribution in [0.5, 0.6) is 0 Å². The maximum Gasteiger partial charge on any atom is 0.253 e. The van der Waals surface area contributed by atoms with Crippen molar-refractivity contribution < 1.29 is 4.79 Å². The van der Waals surface area contributed by atoms with Crippen LogP contribution in [0.3, 0.4) is 0 Å². The van der Waals surface area contributed by atoms with Crippen LogP contribution < -0.4 is 5.32 Å². The lowest BCUT2D eigenvalue weighted by atomic mass is 10.2. The van der Waals surface area contributed by atoms with E-state index in [1.807, 2.05) is 0 Å². The van der Waals surface area contributed by atoms with Crippen LogP contribution in [0.15, 0.2) is 29.4 Å². The molecule has 0 aliphatic carbocycles. The molecule has 0 saturated heterocycles. The molecule has 0 heterocycles. The van der Waals surface area contributed by atoms with Gasteiger partial charge >= 0.3 is 0 Å². The second-order valence-corrected chi connectivity index (χ2v) is 3.27. The number of carbonyl (C=O) groups is 1. The van der Waals surface area contributed by atoms with E-state index in [0.717, 1.165) is 5.69 Å². The molecule has 0 aliphatic heterocycles. The summed E-state index contributed by atoms with van der Waals surface area (Å²) in [6, 6.07) is 7.08. The molecule has 0 aromatic heterocycles. The maximum absolute atomic E-state index is 11.5. The first-order valence-corrected chi connectivity index (χ1v) is 4.54. The van der Waals surface area contributed by atoms with Crippen molar-refractivity contribution in [2.75, 3.05) is 26.1 Å². The van der Waals surface area contributed by atoms with E-state index in [4.69, 9.17) is 5.53 Å². The summed E-state index contributed by atoms with van der Waals surface area (Å²) >= 11 is 0. The van der Waals surface area contributed by atoms with Gasteiger partial charge < -0.3 is 10.2 Å². The van der Waals surface area contributed by atoms with Crippen molar-refractivity contribution >= 4 is 11.6 Å². The molecular formula is C10H14N4O. The van der Waals surface area contributed by atoms with Gasteiger partial charge in [0.15, 0.2) is 0 Å². The number of amides is 1. The van der Waals surface area contributed by atoms with Gasteiger partial charge in [-0.2, -0.15) is 5.11 Å². The van der Waals surface area contributed by atoms with E-state index in [0.29, 0.717) is 5.56 Å². The molecule has 0 spiro atoms. The molecule has 0 saturated carbocycles. The van der Waals surface area contributed by atoms with Gasteiger partial charge in [0.25, 0.3) is 5.91 Å². The fourth-order valence-corrected chi connectivity index (χ4v) is 1.12. The van der Waals surface area contributed by atoms with Crippen LogP contribution in [0.1, 0.15) is 10.4 Å². The summed E-state index contributed by atoms with van der Waals surface area (Å²) in [7, 11) is 3.43. The van der Waals surface area contributed by atoms with E-state index < -0.39 is 0 Å². The Bertz CT molecular complexity index is 345. The van der Waals surface area contributed by atoms with Crippen LogP contribution >= 0.6 is 0 Å². The summed E-state index contributed by atoms with van der Waals surface area (Å²) < 4.78 is 0. The Morgan fingerprint density at radius 1 is 1.40 bits per heavy atom. The van der Waals surface area contributed by atoms with Gasteiger partial charge in [-0.15, -0.1) is 0 Å². The standard InChI is InChI=1S/C10H14N4O/c1-14(2)10(15)8-3-5-9(6-4-8)12-7-13-11/h3-6,11-12H,7H2,1-2H3. The number of nitrogens with zero attached hydrogens (tertiary/aromatic N) is 2. The Labute approximate surface area is 88.6 Å². The molecule has 5 nitrogen and oxygen atoms in total. The Morgan fingerprint density at radius 2 is 2.00 bits per heavy atom. The summed E-state index contributed by atoms with van der Waals surface area (Å²) in [5.41, 5.74) is 8.12. The average Bonchev–Trinajstić information content (AvgIpc) is 2.26. The average molecular weight is 206 g/mol. The fourth-order valence-electron chi connectivity index (χ4n) is 1.12. The van der Waals surface area contributed by atoms with Crippen molar-refractivity contribution in [1.82, 2.24) is 4.90 Å². The van der Waals surface area contributed by atoms with Crippen molar-refractivity contribution in [3.05, 3.63) is 29.8 Å². The predicted octanol–water partition coefficient (Wildman–Crippen LogP) is 1.79. The summed E-state index contributed by atoms with van der Waals surface area (Å²) in [4.78, 5) is 13.1. The molecule has 0 aliphatic rings. The topological polar surface area (TPSA) is 68.6 Å². The normalized spacial score (nSPS) is 9.47. The van der Waals surface area contributed by atoms with Crippen LogP contribution in [-0.4, -0.2) is 31.6 Å². The highest BCUT2D eigenvalue weighted by Gasteiger charge is 2.06. The van der Waals surface area contributed by atoms with Gasteiger partial charge in [-0.3, -0.25) is 4.79 Å². The largest absolute Gasteiger partial charge is 0.365 e. The highest BCUT2D eigenvalue weighted by Crippen LogP contribution is 2.10. The number of anilines is 1. The zero-order valence-electron chi connectivity index (χ0n) is 8.82. The van der Waals surface area contributed by atoms with Crippen molar-refractivity contribution in [3.8, 4) is 0 Å². The van der Waals surface area contributed by atoms with Gasteiger partial charge in [0, 0.05) is 25.3 Å². The molecule has 2 N–H and O–H groups in total. The van der Waals surface area contributed by atoms with Crippen molar-refractivity contribution in [1.29, 1.82) is 5.53 Å². The smallest absolute Gasteiger partial charge is 0.253 e. The highest BCUT2D eigenvalue weighted by molar-refractivity contribution is 5.94. The fraction of sp³-hybridized carbons (Fsp3) is 0.300. The lowest BCUT2D eigenvalue weighted by molar-refractivity contribution is 0.0827. The molecule has 1 aromatic carbocycles. The molecule has 1 aromatic rings. The Balaban J connectivity index is 2.71. The van der Waals surface area contributed by atoms with Crippen LogP contribution in [0, 0.1) is 5.53 Å². The predicted molar refractivity (Wildman–Crippen MR) is 58.1 cm³/mol. The molecule has 0 atom stereocenters. The third-order valence-electron chi connectivity index (χ3n) is 1.90. The number of carbonyl (C=O) groups excluding carboxylic acids is 1. The van der Waals surface area contributed by atoms with Gasteiger partial charge in [-0.25, -0.2) is 5.53 Å². The zero-order valence-corrected chi connectivity index (χ0v) is 8.82. The van der Waals surface area contributed by atoms with Crippen LogP contribution in [-0.2, 0) is 0 Å². The third-order valence-corrected chi connectivity index (χ3v) is 1.90. The summed E-state index contributed by atoms with van der Waals surface area (Å²) in [6.07, 6.45) is 0. The Hall–Kier alpha value is -1.91. The van der Waals surface area contributed by atoms with Gasteiger partial charge in [-0.1, -0.05) is 0 Å². The Kier molecular flexibility index (Phi) is 3.79. The molecule has 5 heteroatoms. The van der Waals surface area contributed by atoms with E-state index in [-0.39, 0.29) is 12.6 Å². The molecule has 0 fully saturated rings. The minimum Gasteiger partial charge on any atom is -0.365 e. The monoisotopic (exact) mass is 206 g/mol. The van der Waals surface area contributed by atoms with Crippen molar-refractivity contribution in [2.24, 2.45) is 5.11 Å². The first kappa shape index (κ1) is 11.2. The first-order chi connectivity index (χ1) is 7.15. The van der Waals surface area contributed by atoms with Gasteiger partial charge in [0.05, 0.1) is 0 Å². The number of hydrogen-bond acceptors (Lipinski definition) is 4. The van der Waals surface area contributed by atoms with E-state index in [1.54, 1.807) is 38.4 Å². The van der Waals surface area contributed by atoms with Crippen molar-refractivity contribution in [3.63, 3.8) is 0 Å². The summed E-state index contributed by atoms with van der Waals surface area (Å²) in [5.74, 6) is -0.0215. The molecule has 0 bridgehead atoms. The lowest BCUT2D eigenvalue weighted by Gasteiger charge is -2.10. The van der Waals surface area contributed by atoms with E-state index >= 15 is 0 Å². The molecule has 1 rings (SSSR count). The lowest BCUT2D eigenvalue weighted by Crippen LogP contribution is -2.21. The van der Waals surface area contributed by atoms with Crippen LogP contribution in [0.4, 0.5) is 5.69 Å². The van der Waals surface area contributed by atoms with E-state index in [1.165, 1.54) is 4.90 Å². The van der Waals surface area contributed by atoms with Gasteiger partial charge in [-0.05, 0) is 24.3 Å². The third kappa shape index (κ3) is 3.05. The van der Waals surface area contributed by atoms with E-state index in [2.05, 4.69) is 10.4 Å². The van der Waals surface area contributed by atoms with Crippen LogP contribution in [0.25, 0.3) is 0 Å². The first-order valence-electron chi connectivity index (χ1n) is 4.54. The second-order valence-electron chi connectivity index (χ2n) is 3.27. The molecular weight excluding hydrogens is 192 g/mol.